The Morgan fingerprint density at radius 2 is 2.29 bits per heavy atom. The van der Waals surface area contributed by atoms with Crippen LogP contribution in [0.15, 0.2) is 0 Å². The van der Waals surface area contributed by atoms with Gasteiger partial charge in [0.25, 0.3) is 0 Å². The average Bonchev–Trinajstić information content (AvgIpc) is 2.74. The number of amides is 1. The van der Waals surface area contributed by atoms with E-state index in [9.17, 15) is 14.7 Å². The number of thioether (sulfide) groups is 2. The van der Waals surface area contributed by atoms with E-state index >= 15 is 0 Å². The van der Waals surface area contributed by atoms with Crippen molar-refractivity contribution in [2.45, 2.75) is 31.7 Å². The van der Waals surface area contributed by atoms with Gasteiger partial charge in [-0.2, -0.15) is 23.5 Å². The molecule has 0 aromatic heterocycles. The van der Waals surface area contributed by atoms with Crippen LogP contribution in [-0.4, -0.2) is 45.5 Å². The molecule has 1 saturated heterocycles. The summed E-state index contributed by atoms with van der Waals surface area (Å²) in [5.41, 5.74) is -1.02. The fourth-order valence-corrected chi connectivity index (χ4v) is 3.82. The Kier molecular flexibility index (Phi) is 6.19. The van der Waals surface area contributed by atoms with E-state index in [1.165, 1.54) is 0 Å². The Morgan fingerprint density at radius 3 is 2.82 bits per heavy atom. The molecule has 0 spiro atoms. The molecule has 1 atom stereocenters. The summed E-state index contributed by atoms with van der Waals surface area (Å²) in [6.07, 6.45) is 2.74. The third kappa shape index (κ3) is 4.43. The molecule has 0 radical (unpaired) electrons. The highest BCUT2D eigenvalue weighted by molar-refractivity contribution is 8.00. The molecule has 0 bridgehead atoms. The largest absolute Gasteiger partial charge is 0.479 e. The van der Waals surface area contributed by atoms with Gasteiger partial charge in [0.15, 0.2) is 0 Å². The lowest BCUT2D eigenvalue weighted by atomic mass is 9.99. The Labute approximate surface area is 110 Å². The van der Waals surface area contributed by atoms with E-state index in [0.717, 1.165) is 24.3 Å². The molecule has 0 saturated carbocycles. The molecule has 1 rings (SSSR count). The first kappa shape index (κ1) is 14.7. The maximum Gasteiger partial charge on any atom is 0.330 e. The number of carboxylic acids is 1. The molecular formula is C11H19NO3S2. The van der Waals surface area contributed by atoms with Gasteiger partial charge in [-0.05, 0) is 24.3 Å². The molecule has 0 aromatic rings. The van der Waals surface area contributed by atoms with Gasteiger partial charge < -0.3 is 10.4 Å². The predicted molar refractivity (Wildman–Crippen MR) is 72.7 cm³/mol. The average molecular weight is 277 g/mol. The normalized spacial score (nSPS) is 23.6. The standard InChI is InChI=1S/C11H19NO3S2/c1-2-3-5-16-7-9(13)12-11(10(14)15)4-6-17-8-11/h2-8H2,1H3,(H,12,13)(H,14,15). The van der Waals surface area contributed by atoms with Crippen LogP contribution in [0.1, 0.15) is 26.2 Å². The molecule has 1 fully saturated rings. The molecule has 1 unspecified atom stereocenters. The summed E-state index contributed by atoms with van der Waals surface area (Å²) >= 11 is 3.15. The first-order valence-electron chi connectivity index (χ1n) is 5.80. The van der Waals surface area contributed by atoms with Crippen LogP contribution in [0, 0.1) is 0 Å². The number of carbonyl (C=O) groups is 2. The highest BCUT2D eigenvalue weighted by Gasteiger charge is 2.43. The Balaban J connectivity index is 2.35. The maximum atomic E-state index is 11.7. The van der Waals surface area contributed by atoms with Crippen LogP contribution in [0.25, 0.3) is 0 Å². The zero-order valence-corrected chi connectivity index (χ0v) is 11.7. The van der Waals surface area contributed by atoms with Gasteiger partial charge in [0.05, 0.1) is 5.75 Å². The van der Waals surface area contributed by atoms with Crippen LogP contribution in [0.3, 0.4) is 0 Å². The van der Waals surface area contributed by atoms with Crippen molar-refractivity contribution < 1.29 is 14.7 Å². The van der Waals surface area contributed by atoms with Crippen molar-refractivity contribution in [3.8, 4) is 0 Å². The van der Waals surface area contributed by atoms with E-state index in [1.807, 2.05) is 0 Å². The van der Waals surface area contributed by atoms with Crippen LogP contribution in [-0.2, 0) is 9.59 Å². The third-order valence-electron chi connectivity index (χ3n) is 2.69. The molecule has 1 amide bonds. The quantitative estimate of drug-likeness (QED) is 0.692. The Morgan fingerprint density at radius 1 is 1.53 bits per heavy atom. The summed E-state index contributed by atoms with van der Waals surface area (Å²) in [6.45, 7) is 2.11. The van der Waals surface area contributed by atoms with Crippen LogP contribution < -0.4 is 5.32 Å². The smallest absolute Gasteiger partial charge is 0.330 e. The van der Waals surface area contributed by atoms with Crippen LogP contribution in [0.5, 0.6) is 0 Å². The van der Waals surface area contributed by atoms with Crippen LogP contribution in [0.2, 0.25) is 0 Å². The van der Waals surface area contributed by atoms with Gasteiger partial charge in [0.2, 0.25) is 5.91 Å². The monoisotopic (exact) mass is 277 g/mol. The second kappa shape index (κ2) is 7.16. The molecule has 0 aliphatic carbocycles. The minimum Gasteiger partial charge on any atom is -0.479 e. The fraction of sp³-hybridized carbons (Fsp3) is 0.818. The Bertz CT molecular complexity index is 278. The van der Waals surface area contributed by atoms with Gasteiger partial charge in [-0.3, -0.25) is 4.79 Å². The highest BCUT2D eigenvalue weighted by Crippen LogP contribution is 2.28. The van der Waals surface area contributed by atoms with E-state index in [1.54, 1.807) is 23.5 Å². The van der Waals surface area contributed by atoms with Crippen molar-refractivity contribution >= 4 is 35.4 Å². The summed E-state index contributed by atoms with van der Waals surface area (Å²) in [7, 11) is 0. The maximum absolute atomic E-state index is 11.7. The third-order valence-corrected chi connectivity index (χ3v) is 4.92. The summed E-state index contributed by atoms with van der Waals surface area (Å²) < 4.78 is 0. The highest BCUT2D eigenvalue weighted by atomic mass is 32.2. The SMILES string of the molecule is CCCCSCC(=O)NC1(C(=O)O)CCSC1. The van der Waals surface area contributed by atoms with E-state index in [-0.39, 0.29) is 5.91 Å². The van der Waals surface area contributed by atoms with E-state index in [4.69, 9.17) is 0 Å². The topological polar surface area (TPSA) is 66.4 Å². The number of carboxylic acid groups (broad SMARTS) is 1. The van der Waals surface area contributed by atoms with E-state index in [0.29, 0.717) is 17.9 Å². The van der Waals surface area contributed by atoms with Crippen molar-refractivity contribution in [3.05, 3.63) is 0 Å². The Hall–Kier alpha value is -0.360. The van der Waals surface area contributed by atoms with Crippen molar-refractivity contribution in [2.24, 2.45) is 0 Å². The fourth-order valence-electron chi connectivity index (χ4n) is 1.60. The molecule has 98 valence electrons. The van der Waals surface area contributed by atoms with Crippen LogP contribution >= 0.6 is 23.5 Å². The molecule has 4 nitrogen and oxygen atoms in total. The number of nitrogens with one attached hydrogen (secondary N) is 1. The summed E-state index contributed by atoms with van der Waals surface area (Å²) in [6, 6.07) is 0. The summed E-state index contributed by atoms with van der Waals surface area (Å²) in [5, 5.41) is 11.9. The van der Waals surface area contributed by atoms with Gasteiger partial charge in [-0.1, -0.05) is 13.3 Å². The van der Waals surface area contributed by atoms with Crippen molar-refractivity contribution in [3.63, 3.8) is 0 Å². The molecule has 1 heterocycles. The number of rotatable bonds is 7. The second-order valence-corrected chi connectivity index (χ2v) is 6.35. The zero-order valence-electron chi connectivity index (χ0n) is 10.0. The predicted octanol–water partition coefficient (Wildman–Crippen LogP) is 1.60. The molecule has 2 N–H and O–H groups in total. The summed E-state index contributed by atoms with van der Waals surface area (Å²) in [4.78, 5) is 22.9. The lowest BCUT2D eigenvalue weighted by Crippen LogP contribution is -2.55. The minimum atomic E-state index is -1.02. The molecule has 0 aromatic carbocycles. The number of hydrogen-bond acceptors (Lipinski definition) is 4. The first-order valence-corrected chi connectivity index (χ1v) is 8.11. The molecular weight excluding hydrogens is 258 g/mol. The van der Waals surface area contributed by atoms with E-state index < -0.39 is 11.5 Å². The van der Waals surface area contributed by atoms with Crippen molar-refractivity contribution in [2.75, 3.05) is 23.0 Å². The zero-order chi connectivity index (χ0) is 12.7. The number of hydrogen-bond donors (Lipinski definition) is 2. The number of aliphatic carboxylic acids is 1. The van der Waals surface area contributed by atoms with Gasteiger partial charge in [-0.25, -0.2) is 4.79 Å². The lowest BCUT2D eigenvalue weighted by Gasteiger charge is -2.24. The van der Waals surface area contributed by atoms with Crippen molar-refractivity contribution in [1.82, 2.24) is 5.32 Å². The minimum absolute atomic E-state index is 0.156. The first-order chi connectivity index (χ1) is 8.10. The molecule has 1 aliphatic heterocycles. The molecule has 17 heavy (non-hydrogen) atoms. The van der Waals surface area contributed by atoms with Gasteiger partial charge in [0, 0.05) is 5.75 Å². The molecule has 1 aliphatic rings. The van der Waals surface area contributed by atoms with E-state index in [2.05, 4.69) is 12.2 Å². The lowest BCUT2D eigenvalue weighted by molar-refractivity contribution is -0.146. The number of unbranched alkanes of at least 4 members (excludes halogenated alkanes) is 1. The van der Waals surface area contributed by atoms with Gasteiger partial charge >= 0.3 is 5.97 Å². The summed E-state index contributed by atoms with van der Waals surface area (Å²) in [5.74, 6) is 1.53. The van der Waals surface area contributed by atoms with Gasteiger partial charge in [0.1, 0.15) is 5.54 Å². The van der Waals surface area contributed by atoms with Gasteiger partial charge in [-0.15, -0.1) is 0 Å². The van der Waals surface area contributed by atoms with Crippen molar-refractivity contribution in [1.29, 1.82) is 0 Å². The number of carbonyl (C=O) groups excluding carboxylic acids is 1. The second-order valence-electron chi connectivity index (χ2n) is 4.14. The molecule has 6 heteroatoms. The van der Waals surface area contributed by atoms with Crippen LogP contribution in [0.4, 0.5) is 0 Å².